The van der Waals surface area contributed by atoms with E-state index < -0.39 is 0 Å². The van der Waals surface area contributed by atoms with Crippen molar-refractivity contribution < 1.29 is 0 Å². The summed E-state index contributed by atoms with van der Waals surface area (Å²) in [4.78, 5) is 3.79. The average Bonchev–Trinajstić information content (AvgIpc) is 2.84. The summed E-state index contributed by atoms with van der Waals surface area (Å²) in [5, 5.41) is 7.37. The highest BCUT2D eigenvalue weighted by atomic mass is 32.2. The lowest BCUT2D eigenvalue weighted by atomic mass is 9.99. The standard InChI is InChI=1S/C28H33N3S2/c1-21-7-6-18-31(19-21)26-16-12-24(13-17-26)22(2)29-28(32)30-25-14-10-23(11-15-25)20-33-27-8-4-3-5-9-27/h3-5,8-17,21-22H,6-7,18-20H2,1-2H3,(H2,29,30,32)/t21-,22-/m1/s1. The summed E-state index contributed by atoms with van der Waals surface area (Å²) < 4.78 is 0. The Hall–Kier alpha value is -2.50. The van der Waals surface area contributed by atoms with Crippen LogP contribution >= 0.6 is 24.0 Å². The number of hydrogen-bond acceptors (Lipinski definition) is 3. The summed E-state index contributed by atoms with van der Waals surface area (Å²) in [5.74, 6) is 1.73. The molecule has 2 atom stereocenters. The second kappa shape index (κ2) is 11.6. The molecular weight excluding hydrogens is 442 g/mol. The van der Waals surface area contributed by atoms with Crippen molar-refractivity contribution in [2.24, 2.45) is 5.92 Å². The van der Waals surface area contributed by atoms with Gasteiger partial charge < -0.3 is 15.5 Å². The molecule has 1 aliphatic heterocycles. The van der Waals surface area contributed by atoms with Crippen molar-refractivity contribution >= 4 is 40.5 Å². The second-order valence-electron chi connectivity index (χ2n) is 8.90. The van der Waals surface area contributed by atoms with Crippen LogP contribution in [-0.4, -0.2) is 18.2 Å². The number of benzene rings is 3. The Labute approximate surface area is 208 Å². The molecule has 1 aliphatic rings. The van der Waals surface area contributed by atoms with Gasteiger partial charge in [0, 0.05) is 35.1 Å². The van der Waals surface area contributed by atoms with Gasteiger partial charge in [-0.2, -0.15) is 0 Å². The highest BCUT2D eigenvalue weighted by molar-refractivity contribution is 7.98. The Morgan fingerprint density at radius 2 is 1.76 bits per heavy atom. The molecule has 1 heterocycles. The molecule has 2 N–H and O–H groups in total. The number of hydrogen-bond donors (Lipinski definition) is 2. The average molecular weight is 476 g/mol. The Bertz CT molecular complexity index is 1020. The molecule has 3 nitrogen and oxygen atoms in total. The van der Waals surface area contributed by atoms with Crippen LogP contribution in [0.5, 0.6) is 0 Å². The van der Waals surface area contributed by atoms with Crippen molar-refractivity contribution in [1.29, 1.82) is 0 Å². The van der Waals surface area contributed by atoms with E-state index in [0.29, 0.717) is 5.11 Å². The van der Waals surface area contributed by atoms with Crippen LogP contribution in [0, 0.1) is 5.92 Å². The lowest BCUT2D eigenvalue weighted by Gasteiger charge is -2.33. The zero-order chi connectivity index (χ0) is 23.0. The molecule has 0 unspecified atom stereocenters. The van der Waals surface area contributed by atoms with E-state index in [1.54, 1.807) is 0 Å². The fraction of sp³-hybridized carbons (Fsp3) is 0.321. The first-order valence-corrected chi connectivity index (χ1v) is 13.2. The van der Waals surface area contributed by atoms with Crippen molar-refractivity contribution in [2.75, 3.05) is 23.3 Å². The Kier molecular flexibility index (Phi) is 8.30. The molecule has 5 heteroatoms. The quantitative estimate of drug-likeness (QED) is 0.277. The molecule has 0 aliphatic carbocycles. The summed E-state index contributed by atoms with van der Waals surface area (Å²) in [6, 6.07) is 28.1. The maximum absolute atomic E-state index is 5.57. The molecule has 0 amide bonds. The van der Waals surface area contributed by atoms with Crippen LogP contribution in [0.4, 0.5) is 11.4 Å². The molecule has 3 aromatic rings. The van der Waals surface area contributed by atoms with E-state index in [9.17, 15) is 0 Å². The molecule has 172 valence electrons. The van der Waals surface area contributed by atoms with Gasteiger partial charge in [0.15, 0.2) is 5.11 Å². The summed E-state index contributed by atoms with van der Waals surface area (Å²) >= 11 is 7.41. The van der Waals surface area contributed by atoms with E-state index in [1.807, 2.05) is 17.8 Å². The lowest BCUT2D eigenvalue weighted by molar-refractivity contribution is 0.447. The van der Waals surface area contributed by atoms with Gasteiger partial charge in [0.1, 0.15) is 0 Å². The van der Waals surface area contributed by atoms with Gasteiger partial charge in [-0.15, -0.1) is 11.8 Å². The molecule has 0 radical (unpaired) electrons. The van der Waals surface area contributed by atoms with E-state index in [0.717, 1.165) is 30.4 Å². The van der Waals surface area contributed by atoms with E-state index in [4.69, 9.17) is 12.2 Å². The Morgan fingerprint density at radius 1 is 1.03 bits per heavy atom. The monoisotopic (exact) mass is 475 g/mol. The number of anilines is 2. The summed E-state index contributed by atoms with van der Waals surface area (Å²) in [7, 11) is 0. The predicted molar refractivity (Wildman–Crippen MR) is 147 cm³/mol. The molecule has 4 rings (SSSR count). The Morgan fingerprint density at radius 3 is 2.45 bits per heavy atom. The van der Waals surface area contributed by atoms with Gasteiger partial charge in [0.25, 0.3) is 0 Å². The SMILES string of the molecule is C[C@@H]1CCCN(c2ccc([C@@H](C)NC(=S)Nc3ccc(CSc4ccccc4)cc3)cc2)C1. The van der Waals surface area contributed by atoms with Crippen LogP contribution in [0.1, 0.15) is 43.9 Å². The van der Waals surface area contributed by atoms with Gasteiger partial charge in [-0.25, -0.2) is 0 Å². The molecule has 33 heavy (non-hydrogen) atoms. The minimum absolute atomic E-state index is 0.140. The van der Waals surface area contributed by atoms with Crippen LogP contribution in [0.3, 0.4) is 0 Å². The first-order chi connectivity index (χ1) is 16.1. The van der Waals surface area contributed by atoms with Gasteiger partial charge in [-0.05, 0) is 85.4 Å². The van der Waals surface area contributed by atoms with Gasteiger partial charge in [0.05, 0.1) is 6.04 Å². The van der Waals surface area contributed by atoms with Gasteiger partial charge >= 0.3 is 0 Å². The summed E-state index contributed by atoms with van der Waals surface area (Å²) in [6.45, 7) is 6.81. The predicted octanol–water partition coefficient (Wildman–Crippen LogP) is 7.26. The highest BCUT2D eigenvalue weighted by Gasteiger charge is 2.17. The Balaban J connectivity index is 1.25. The van der Waals surface area contributed by atoms with E-state index in [2.05, 4.69) is 102 Å². The minimum Gasteiger partial charge on any atom is -0.371 e. The van der Waals surface area contributed by atoms with Crippen LogP contribution < -0.4 is 15.5 Å². The topological polar surface area (TPSA) is 27.3 Å². The third kappa shape index (κ3) is 6.99. The van der Waals surface area contributed by atoms with E-state index in [-0.39, 0.29) is 6.04 Å². The van der Waals surface area contributed by atoms with Crippen molar-refractivity contribution in [2.45, 2.75) is 43.4 Å². The van der Waals surface area contributed by atoms with Crippen LogP contribution in [-0.2, 0) is 5.75 Å². The number of thioether (sulfide) groups is 1. The molecular formula is C28H33N3S2. The van der Waals surface area contributed by atoms with Crippen molar-refractivity contribution in [3.63, 3.8) is 0 Å². The van der Waals surface area contributed by atoms with Gasteiger partial charge in [-0.3, -0.25) is 0 Å². The number of nitrogens with one attached hydrogen (secondary N) is 2. The zero-order valence-corrected chi connectivity index (χ0v) is 21.1. The van der Waals surface area contributed by atoms with E-state index >= 15 is 0 Å². The molecule has 0 spiro atoms. The maximum Gasteiger partial charge on any atom is 0.171 e. The van der Waals surface area contributed by atoms with Gasteiger partial charge in [-0.1, -0.05) is 49.4 Å². The lowest BCUT2D eigenvalue weighted by Crippen LogP contribution is -2.34. The highest BCUT2D eigenvalue weighted by Crippen LogP contribution is 2.25. The van der Waals surface area contributed by atoms with Crippen molar-refractivity contribution in [1.82, 2.24) is 5.32 Å². The number of thiocarbonyl (C=S) groups is 1. The third-order valence-electron chi connectivity index (χ3n) is 6.12. The number of rotatable bonds is 7. The second-order valence-corrected chi connectivity index (χ2v) is 10.4. The fourth-order valence-corrected chi connectivity index (χ4v) is 5.38. The van der Waals surface area contributed by atoms with Gasteiger partial charge in [0.2, 0.25) is 0 Å². The summed E-state index contributed by atoms with van der Waals surface area (Å²) in [6.07, 6.45) is 2.63. The molecule has 0 bridgehead atoms. The first-order valence-electron chi connectivity index (χ1n) is 11.8. The maximum atomic E-state index is 5.57. The minimum atomic E-state index is 0.140. The van der Waals surface area contributed by atoms with E-state index in [1.165, 1.54) is 34.6 Å². The van der Waals surface area contributed by atoms with Crippen LogP contribution in [0.15, 0.2) is 83.8 Å². The molecule has 1 fully saturated rings. The third-order valence-corrected chi connectivity index (χ3v) is 7.43. The largest absolute Gasteiger partial charge is 0.371 e. The molecule has 1 saturated heterocycles. The smallest absolute Gasteiger partial charge is 0.171 e. The molecule has 3 aromatic carbocycles. The van der Waals surface area contributed by atoms with Crippen LogP contribution in [0.2, 0.25) is 0 Å². The van der Waals surface area contributed by atoms with Crippen molar-refractivity contribution in [3.05, 3.63) is 90.0 Å². The van der Waals surface area contributed by atoms with Crippen LogP contribution in [0.25, 0.3) is 0 Å². The normalized spacial score (nSPS) is 16.8. The fourth-order valence-electron chi connectivity index (χ4n) is 4.21. The summed E-state index contributed by atoms with van der Waals surface area (Å²) in [5.41, 5.74) is 4.86. The first kappa shape index (κ1) is 23.7. The molecule has 0 aromatic heterocycles. The number of nitrogens with zero attached hydrogens (tertiary/aromatic N) is 1. The van der Waals surface area contributed by atoms with Crippen molar-refractivity contribution in [3.8, 4) is 0 Å². The molecule has 0 saturated carbocycles. The number of piperidine rings is 1. The zero-order valence-electron chi connectivity index (χ0n) is 19.5.